The van der Waals surface area contributed by atoms with Crippen LogP contribution >= 0.6 is 0 Å². The number of carbonyl (C=O) groups excluding carboxylic acids is 3. The van der Waals surface area contributed by atoms with Crippen LogP contribution in [0.5, 0.6) is 0 Å². The van der Waals surface area contributed by atoms with Crippen LogP contribution in [0.4, 0.5) is 4.39 Å². The van der Waals surface area contributed by atoms with E-state index in [-0.39, 0.29) is 47.7 Å². The number of esters is 1. The van der Waals surface area contributed by atoms with Crippen molar-refractivity contribution in [3.8, 4) is 0 Å². The maximum atomic E-state index is 17.2. The summed E-state index contributed by atoms with van der Waals surface area (Å²) in [6, 6.07) is 3.26. The van der Waals surface area contributed by atoms with E-state index in [0.29, 0.717) is 24.8 Å². The van der Waals surface area contributed by atoms with E-state index < -0.39 is 58.4 Å². The molecule has 0 bridgehead atoms. The number of ketones is 2. The minimum Gasteiger partial charge on any atom is -1.00 e. The highest BCUT2D eigenvalue weighted by atomic mass is 127. The molecule has 0 aliphatic heterocycles. The van der Waals surface area contributed by atoms with E-state index in [2.05, 4.69) is 0 Å². The molecule has 0 aromatic carbocycles. The lowest BCUT2D eigenvalue weighted by Gasteiger charge is -2.62. The van der Waals surface area contributed by atoms with E-state index in [4.69, 9.17) is 4.74 Å². The van der Waals surface area contributed by atoms with Crippen molar-refractivity contribution in [2.24, 2.45) is 35.6 Å². The van der Waals surface area contributed by atoms with Gasteiger partial charge in [-0.05, 0) is 62.7 Å². The first-order valence-electron chi connectivity index (χ1n) is 13.0. The van der Waals surface area contributed by atoms with Gasteiger partial charge in [0.15, 0.2) is 30.5 Å². The number of alkyl halides is 1. The number of fused-ring (bicyclic) bond motifs is 5. The van der Waals surface area contributed by atoms with Gasteiger partial charge < -0.3 is 38.9 Å². The molecule has 0 saturated heterocycles. The van der Waals surface area contributed by atoms with E-state index >= 15 is 4.39 Å². The quantitative estimate of drug-likeness (QED) is 0.264. The third-order valence-corrected chi connectivity index (χ3v) is 10.2. The number of hydrogen-bond donors (Lipinski definition) is 2. The second-order valence-corrected chi connectivity index (χ2v) is 11.9. The topological polar surface area (TPSA) is 105 Å². The number of aromatic nitrogens is 1. The zero-order chi connectivity index (χ0) is 27.0. The normalized spacial score (nSPS) is 41.2. The summed E-state index contributed by atoms with van der Waals surface area (Å²) in [6.45, 7) is 4.65. The Balaban J connectivity index is 0.00000336. The summed E-state index contributed by atoms with van der Waals surface area (Å²) in [6.07, 6.45) is 7.52. The van der Waals surface area contributed by atoms with Crippen LogP contribution in [0.25, 0.3) is 0 Å². The largest absolute Gasteiger partial charge is 1.00 e. The molecule has 4 aliphatic rings. The first-order valence-corrected chi connectivity index (χ1v) is 13.0. The van der Waals surface area contributed by atoms with Crippen LogP contribution in [-0.2, 0) is 21.4 Å². The Bertz CT molecular complexity index is 1250. The monoisotopic (exact) mass is 639 g/mol. The molecule has 0 radical (unpaired) electrons. The molecule has 4 aliphatic carbocycles. The molecular weight excluding hydrogens is 604 g/mol. The molecule has 38 heavy (non-hydrogen) atoms. The second-order valence-electron chi connectivity index (χ2n) is 11.9. The van der Waals surface area contributed by atoms with Crippen LogP contribution in [0.15, 0.2) is 48.3 Å². The summed E-state index contributed by atoms with van der Waals surface area (Å²) < 4.78 is 24.2. The van der Waals surface area contributed by atoms with Gasteiger partial charge in [0.2, 0.25) is 5.78 Å². The van der Waals surface area contributed by atoms with Crippen LogP contribution in [-0.4, -0.2) is 51.7 Å². The van der Waals surface area contributed by atoms with Crippen LogP contribution in [0.3, 0.4) is 0 Å². The fourth-order valence-electron chi connectivity index (χ4n) is 8.17. The van der Waals surface area contributed by atoms with Gasteiger partial charge in [0, 0.05) is 22.8 Å². The molecular formula is C29H35FINO6. The summed E-state index contributed by atoms with van der Waals surface area (Å²) in [4.78, 5) is 38.1. The van der Waals surface area contributed by atoms with Crippen LogP contribution in [0.2, 0.25) is 0 Å². The predicted octanol–water partition coefficient (Wildman–Crippen LogP) is -0.411. The number of allylic oxidation sites excluding steroid dienone is 4. The summed E-state index contributed by atoms with van der Waals surface area (Å²) in [7, 11) is 1.76. The molecule has 5 rings (SSSR count). The van der Waals surface area contributed by atoms with Crippen molar-refractivity contribution in [1.82, 2.24) is 0 Å². The number of aliphatic hydroxyl groups excluding tert-OH is 1. The number of hydrogen-bond acceptors (Lipinski definition) is 6. The zero-order valence-corrected chi connectivity index (χ0v) is 24.3. The molecule has 1 aromatic heterocycles. The van der Waals surface area contributed by atoms with E-state index in [1.165, 1.54) is 12.2 Å². The first-order chi connectivity index (χ1) is 17.3. The number of rotatable bonds is 4. The van der Waals surface area contributed by atoms with Gasteiger partial charge in [0.25, 0.3) is 0 Å². The van der Waals surface area contributed by atoms with Crippen molar-refractivity contribution < 1.29 is 62.3 Å². The van der Waals surface area contributed by atoms with Gasteiger partial charge in [-0.1, -0.05) is 25.5 Å². The number of nitrogens with zero attached hydrogens (tertiary/aromatic N) is 1. The highest BCUT2D eigenvalue weighted by Gasteiger charge is 2.75. The smallest absolute Gasteiger partial charge is 0.344 e. The Morgan fingerprint density at radius 3 is 2.66 bits per heavy atom. The average molecular weight is 640 g/mol. The van der Waals surface area contributed by atoms with Gasteiger partial charge >= 0.3 is 5.97 Å². The summed E-state index contributed by atoms with van der Waals surface area (Å²) in [5.74, 6) is -3.01. The fourth-order valence-corrected chi connectivity index (χ4v) is 8.17. The number of Topliss-reactive ketones (excluding diaryl/α,β-unsaturated/α-hetero) is 1. The van der Waals surface area contributed by atoms with Gasteiger partial charge in [-0.2, -0.15) is 0 Å². The Labute approximate surface area is 239 Å². The Kier molecular flexibility index (Phi) is 7.32. The van der Waals surface area contributed by atoms with Crippen molar-refractivity contribution in [3.05, 3.63) is 53.9 Å². The van der Waals surface area contributed by atoms with Crippen molar-refractivity contribution in [2.45, 2.75) is 63.8 Å². The predicted molar refractivity (Wildman–Crippen MR) is 131 cm³/mol. The third kappa shape index (κ3) is 3.78. The van der Waals surface area contributed by atoms with Gasteiger partial charge in [-0.3, -0.25) is 9.59 Å². The minimum absolute atomic E-state index is 0. The molecule has 0 spiro atoms. The molecule has 7 nitrogen and oxygen atoms in total. The summed E-state index contributed by atoms with van der Waals surface area (Å²) in [5.41, 5.74) is -5.22. The molecule has 206 valence electrons. The molecule has 8 atom stereocenters. The molecule has 3 fully saturated rings. The third-order valence-electron chi connectivity index (χ3n) is 10.2. The molecule has 2 N–H and O–H groups in total. The van der Waals surface area contributed by atoms with Gasteiger partial charge in [0.05, 0.1) is 6.10 Å². The highest BCUT2D eigenvalue weighted by Crippen LogP contribution is 2.70. The van der Waals surface area contributed by atoms with Crippen molar-refractivity contribution in [1.29, 1.82) is 0 Å². The zero-order valence-electron chi connectivity index (χ0n) is 22.1. The summed E-state index contributed by atoms with van der Waals surface area (Å²) >= 11 is 0. The van der Waals surface area contributed by atoms with Crippen molar-refractivity contribution >= 4 is 17.5 Å². The van der Waals surface area contributed by atoms with E-state index in [1.54, 1.807) is 63.0 Å². The van der Waals surface area contributed by atoms with Gasteiger partial charge in [-0.25, -0.2) is 13.8 Å². The van der Waals surface area contributed by atoms with Gasteiger partial charge in [0.1, 0.15) is 18.2 Å². The number of pyridine rings is 1. The van der Waals surface area contributed by atoms with E-state index in [1.807, 2.05) is 0 Å². The number of halogens is 2. The number of aliphatic hydroxyl groups is 2. The first kappa shape index (κ1) is 29.0. The van der Waals surface area contributed by atoms with Crippen molar-refractivity contribution in [3.63, 3.8) is 0 Å². The Morgan fingerprint density at radius 1 is 1.26 bits per heavy atom. The summed E-state index contributed by atoms with van der Waals surface area (Å²) in [5, 5.41) is 23.4. The number of aryl methyl sites for hydroxylation is 1. The number of ether oxygens (including phenoxy) is 1. The fraction of sp³-hybridized carbons (Fsp3) is 0.586. The van der Waals surface area contributed by atoms with Crippen molar-refractivity contribution in [2.75, 3.05) is 6.61 Å². The molecule has 2 unspecified atom stereocenters. The lowest BCUT2D eigenvalue weighted by molar-refractivity contribution is -0.671. The van der Waals surface area contributed by atoms with Crippen LogP contribution in [0, 0.1) is 28.6 Å². The molecule has 1 aromatic rings. The minimum atomic E-state index is -2.04. The molecule has 0 amide bonds. The average Bonchev–Trinajstić information content (AvgIpc) is 3.05. The standard InChI is InChI=1S/C29H35FNO6.HI/c1-17-12-22-21-8-7-19-13-20(32)9-10-26(19,2)28(21,30)23(33)14-27(22,3)29(17,36)24(34)16-37-25(35)18-6-5-11-31(4)15-18;/h5-6,9-11,13,15,17,21-23,33,36H,7-8,12,14,16H2,1-4H3;1H/q+1;/p-1/t17?,21-,22-,23?,26-,27-,28-,29-;/m0./s1. The maximum Gasteiger partial charge on any atom is 0.344 e. The Morgan fingerprint density at radius 2 is 1.97 bits per heavy atom. The van der Waals surface area contributed by atoms with Crippen LogP contribution < -0.4 is 28.5 Å². The molecule has 9 heteroatoms. The number of carbonyl (C=O) groups is 3. The highest BCUT2D eigenvalue weighted by molar-refractivity contribution is 6.01. The SMILES string of the molecule is CC1C[C@H]2[C@@H]3CCC4=CC(=O)C=C[C@]4(C)[C@@]3(F)C(O)C[C@]2(C)[C@@]1(O)C(=O)COC(=O)c1ccc[n+](C)c1.[I-]. The van der Waals surface area contributed by atoms with E-state index in [0.717, 1.165) is 0 Å². The Hall–Kier alpha value is -1.98. The maximum absolute atomic E-state index is 17.2. The second kappa shape index (κ2) is 9.59. The van der Waals surface area contributed by atoms with E-state index in [9.17, 15) is 24.6 Å². The lowest BCUT2D eigenvalue weighted by atomic mass is 9.44. The van der Waals surface area contributed by atoms with Crippen LogP contribution in [0.1, 0.15) is 56.8 Å². The molecule has 1 heterocycles. The van der Waals surface area contributed by atoms with Gasteiger partial charge in [-0.15, -0.1) is 0 Å². The lowest BCUT2D eigenvalue weighted by Crippen LogP contribution is -3.00. The molecule has 3 saturated carbocycles.